The molecule has 2 aromatic rings. The molecule has 1 saturated heterocycles. The van der Waals surface area contributed by atoms with Gasteiger partial charge < -0.3 is 10.6 Å². The molecule has 21 heavy (non-hydrogen) atoms. The molecular formula is C17H20Cl2N2. The Morgan fingerprint density at radius 3 is 2.33 bits per heavy atom. The summed E-state index contributed by atoms with van der Waals surface area (Å²) in [6.45, 7) is 2.20. The van der Waals surface area contributed by atoms with Gasteiger partial charge in [0.25, 0.3) is 0 Å². The average Bonchev–Trinajstić information content (AvgIpc) is 2.50. The summed E-state index contributed by atoms with van der Waals surface area (Å²) in [5.41, 5.74) is 3.65. The zero-order valence-corrected chi connectivity index (χ0v) is 13.4. The van der Waals surface area contributed by atoms with E-state index in [4.69, 9.17) is 11.6 Å². The predicted octanol–water partition coefficient (Wildman–Crippen LogP) is 4.59. The molecule has 4 heteroatoms. The number of benzene rings is 2. The summed E-state index contributed by atoms with van der Waals surface area (Å²) in [5.74, 6) is 0. The minimum atomic E-state index is 0. The van der Waals surface area contributed by atoms with Gasteiger partial charge in [-0.2, -0.15) is 0 Å². The summed E-state index contributed by atoms with van der Waals surface area (Å²) in [6, 6.07) is 17.1. The van der Waals surface area contributed by atoms with E-state index in [0.29, 0.717) is 6.04 Å². The maximum absolute atomic E-state index is 5.97. The van der Waals surface area contributed by atoms with Crippen LogP contribution in [0.4, 0.5) is 5.69 Å². The smallest absolute Gasteiger partial charge is 0.0422 e. The van der Waals surface area contributed by atoms with E-state index in [9.17, 15) is 0 Å². The Kier molecular flexibility index (Phi) is 5.92. The third-order valence-electron chi connectivity index (χ3n) is 3.78. The summed E-state index contributed by atoms with van der Waals surface area (Å²) in [7, 11) is 0. The highest BCUT2D eigenvalue weighted by Crippen LogP contribution is 2.29. The first-order valence-corrected chi connectivity index (χ1v) is 7.53. The molecule has 0 amide bonds. The Bertz CT molecular complexity index is 563. The van der Waals surface area contributed by atoms with Crippen molar-refractivity contribution in [3.8, 4) is 11.1 Å². The molecule has 0 aromatic heterocycles. The van der Waals surface area contributed by atoms with Gasteiger partial charge in [-0.05, 0) is 49.7 Å². The molecule has 2 nitrogen and oxygen atoms in total. The topological polar surface area (TPSA) is 24.1 Å². The zero-order chi connectivity index (χ0) is 13.8. The molecule has 1 aliphatic rings. The fraction of sp³-hybridized carbons (Fsp3) is 0.294. The first kappa shape index (κ1) is 16.2. The van der Waals surface area contributed by atoms with Crippen LogP contribution >= 0.6 is 24.0 Å². The van der Waals surface area contributed by atoms with Crippen molar-refractivity contribution in [1.29, 1.82) is 0 Å². The number of anilines is 1. The fourth-order valence-corrected chi connectivity index (χ4v) is 2.80. The van der Waals surface area contributed by atoms with E-state index >= 15 is 0 Å². The zero-order valence-electron chi connectivity index (χ0n) is 11.8. The lowest BCUT2D eigenvalue weighted by Crippen LogP contribution is -2.35. The monoisotopic (exact) mass is 322 g/mol. The number of hydrogen-bond acceptors (Lipinski definition) is 2. The van der Waals surface area contributed by atoms with Gasteiger partial charge in [0.1, 0.15) is 0 Å². The number of halogens is 2. The summed E-state index contributed by atoms with van der Waals surface area (Å²) in [4.78, 5) is 0. The van der Waals surface area contributed by atoms with E-state index in [1.165, 1.54) is 29.7 Å². The van der Waals surface area contributed by atoms with Crippen molar-refractivity contribution in [3.63, 3.8) is 0 Å². The van der Waals surface area contributed by atoms with E-state index < -0.39 is 0 Å². The lowest BCUT2D eigenvalue weighted by atomic mass is 10.0. The van der Waals surface area contributed by atoms with Crippen molar-refractivity contribution < 1.29 is 0 Å². The predicted molar refractivity (Wildman–Crippen MR) is 93.7 cm³/mol. The van der Waals surface area contributed by atoms with Crippen molar-refractivity contribution in [3.05, 3.63) is 53.6 Å². The second kappa shape index (κ2) is 7.69. The van der Waals surface area contributed by atoms with Crippen molar-refractivity contribution in [2.75, 3.05) is 18.4 Å². The Morgan fingerprint density at radius 2 is 1.62 bits per heavy atom. The average molecular weight is 323 g/mol. The number of nitrogens with one attached hydrogen (secondary N) is 2. The van der Waals surface area contributed by atoms with Crippen molar-refractivity contribution >= 4 is 29.7 Å². The van der Waals surface area contributed by atoms with Gasteiger partial charge in [-0.1, -0.05) is 41.9 Å². The van der Waals surface area contributed by atoms with Gasteiger partial charge in [0.05, 0.1) is 0 Å². The number of piperidine rings is 1. The minimum absolute atomic E-state index is 0. The second-order valence-corrected chi connectivity index (χ2v) is 5.66. The van der Waals surface area contributed by atoms with Crippen LogP contribution in [-0.2, 0) is 0 Å². The highest BCUT2D eigenvalue weighted by atomic mass is 35.5. The molecule has 2 aromatic carbocycles. The molecule has 0 bridgehead atoms. The standard InChI is InChI=1S/C17H19ClN2.ClH/c18-14-7-5-13(6-8-14)16-3-1-2-4-17(16)20-15-9-11-19-12-10-15;/h1-8,15,19-20H,9-12H2;1H. The first-order valence-electron chi connectivity index (χ1n) is 7.15. The largest absolute Gasteiger partial charge is 0.382 e. The van der Waals surface area contributed by atoms with Crippen LogP contribution in [0.5, 0.6) is 0 Å². The van der Waals surface area contributed by atoms with Gasteiger partial charge in [0.15, 0.2) is 0 Å². The van der Waals surface area contributed by atoms with Crippen LogP contribution in [-0.4, -0.2) is 19.1 Å². The second-order valence-electron chi connectivity index (χ2n) is 5.22. The van der Waals surface area contributed by atoms with Crippen LogP contribution in [0, 0.1) is 0 Å². The molecule has 1 aliphatic heterocycles. The third-order valence-corrected chi connectivity index (χ3v) is 4.03. The van der Waals surface area contributed by atoms with Gasteiger partial charge in [-0.15, -0.1) is 12.4 Å². The molecule has 0 unspecified atom stereocenters. The quantitative estimate of drug-likeness (QED) is 0.863. The van der Waals surface area contributed by atoms with E-state index in [0.717, 1.165) is 18.1 Å². The van der Waals surface area contributed by atoms with Crippen molar-refractivity contribution in [2.24, 2.45) is 0 Å². The Labute approximate surface area is 137 Å². The lowest BCUT2D eigenvalue weighted by molar-refractivity contribution is 0.479. The molecule has 1 fully saturated rings. The van der Waals surface area contributed by atoms with E-state index in [1.807, 2.05) is 12.1 Å². The van der Waals surface area contributed by atoms with Gasteiger partial charge in [0.2, 0.25) is 0 Å². The van der Waals surface area contributed by atoms with E-state index in [2.05, 4.69) is 47.0 Å². The Balaban J connectivity index is 0.00000161. The molecule has 3 rings (SSSR count). The van der Waals surface area contributed by atoms with Gasteiger partial charge in [0, 0.05) is 22.3 Å². The third kappa shape index (κ3) is 4.13. The highest BCUT2D eigenvalue weighted by Gasteiger charge is 2.14. The summed E-state index contributed by atoms with van der Waals surface area (Å²) in [6.07, 6.45) is 2.35. The Morgan fingerprint density at radius 1 is 0.952 bits per heavy atom. The number of para-hydroxylation sites is 1. The molecule has 0 atom stereocenters. The van der Waals surface area contributed by atoms with Crippen molar-refractivity contribution in [2.45, 2.75) is 18.9 Å². The van der Waals surface area contributed by atoms with Gasteiger partial charge in [-0.3, -0.25) is 0 Å². The van der Waals surface area contributed by atoms with Gasteiger partial charge >= 0.3 is 0 Å². The molecule has 2 N–H and O–H groups in total. The minimum Gasteiger partial charge on any atom is -0.382 e. The van der Waals surface area contributed by atoms with Crippen LogP contribution in [0.1, 0.15) is 12.8 Å². The maximum Gasteiger partial charge on any atom is 0.0422 e. The van der Waals surface area contributed by atoms with Crippen LogP contribution < -0.4 is 10.6 Å². The number of rotatable bonds is 3. The van der Waals surface area contributed by atoms with Crippen LogP contribution in [0.3, 0.4) is 0 Å². The first-order chi connectivity index (χ1) is 9.83. The highest BCUT2D eigenvalue weighted by molar-refractivity contribution is 6.30. The molecule has 1 heterocycles. The van der Waals surface area contributed by atoms with Crippen LogP contribution in [0.2, 0.25) is 5.02 Å². The molecule has 0 saturated carbocycles. The maximum atomic E-state index is 5.97. The molecule has 0 radical (unpaired) electrons. The fourth-order valence-electron chi connectivity index (χ4n) is 2.68. The summed E-state index contributed by atoms with van der Waals surface area (Å²) >= 11 is 5.97. The molecule has 0 spiro atoms. The normalized spacial score (nSPS) is 15.3. The molecule has 112 valence electrons. The summed E-state index contributed by atoms with van der Waals surface area (Å²) in [5, 5.41) is 7.86. The van der Waals surface area contributed by atoms with Crippen LogP contribution in [0.15, 0.2) is 48.5 Å². The number of hydrogen-bond donors (Lipinski definition) is 2. The van der Waals surface area contributed by atoms with Gasteiger partial charge in [-0.25, -0.2) is 0 Å². The van der Waals surface area contributed by atoms with E-state index in [1.54, 1.807) is 0 Å². The van der Waals surface area contributed by atoms with Crippen LogP contribution in [0.25, 0.3) is 11.1 Å². The molecular weight excluding hydrogens is 303 g/mol. The van der Waals surface area contributed by atoms with Crippen molar-refractivity contribution in [1.82, 2.24) is 5.32 Å². The van der Waals surface area contributed by atoms with E-state index in [-0.39, 0.29) is 12.4 Å². The lowest BCUT2D eigenvalue weighted by Gasteiger charge is -2.26. The molecule has 0 aliphatic carbocycles. The summed E-state index contributed by atoms with van der Waals surface area (Å²) < 4.78 is 0. The Hall–Kier alpha value is -1.22. The SMILES string of the molecule is Cl.Clc1ccc(-c2ccccc2NC2CCNCC2)cc1.